The van der Waals surface area contributed by atoms with E-state index in [1.807, 2.05) is 7.05 Å². The lowest BCUT2D eigenvalue weighted by Gasteiger charge is -2.22. The summed E-state index contributed by atoms with van der Waals surface area (Å²) in [5, 5.41) is 0. The highest BCUT2D eigenvalue weighted by Gasteiger charge is 2.28. The van der Waals surface area contributed by atoms with E-state index >= 15 is 0 Å². The van der Waals surface area contributed by atoms with Crippen LogP contribution in [0.15, 0.2) is 0 Å². The molecule has 52 valence electrons. The molecule has 0 aromatic carbocycles. The number of carbonyl (C=O) groups is 1. The van der Waals surface area contributed by atoms with Crippen LogP contribution in [0.3, 0.4) is 0 Å². The summed E-state index contributed by atoms with van der Waals surface area (Å²) < 4.78 is 0.476. The molecule has 1 aliphatic heterocycles. The molecule has 3 heteroatoms. The van der Waals surface area contributed by atoms with E-state index in [9.17, 15) is 4.79 Å². The molecule has 0 aliphatic carbocycles. The fourth-order valence-corrected chi connectivity index (χ4v) is 1.21. The maximum atomic E-state index is 9.93. The zero-order chi connectivity index (χ0) is 6.74. The van der Waals surface area contributed by atoms with E-state index in [0.29, 0.717) is 11.1 Å². The van der Waals surface area contributed by atoms with Crippen LogP contribution in [0.5, 0.6) is 0 Å². The van der Waals surface area contributed by atoms with Crippen LogP contribution in [-0.2, 0) is 9.63 Å². The Balaban J connectivity index is 2.40. The van der Waals surface area contributed by atoms with E-state index < -0.39 is 0 Å². The highest BCUT2D eigenvalue weighted by molar-refractivity contribution is 5.35. The topological polar surface area (TPSA) is 26.3 Å². The average Bonchev–Trinajstić information content (AvgIpc) is 2.16. The Morgan fingerprint density at radius 3 is 2.44 bits per heavy atom. The van der Waals surface area contributed by atoms with Crippen molar-refractivity contribution in [3.05, 3.63) is 0 Å². The van der Waals surface area contributed by atoms with Gasteiger partial charge >= 0.3 is 6.47 Å². The minimum atomic E-state index is 0.476. The molecule has 1 saturated heterocycles. The molecule has 0 saturated carbocycles. The van der Waals surface area contributed by atoms with Crippen molar-refractivity contribution >= 4 is 6.47 Å². The van der Waals surface area contributed by atoms with Crippen LogP contribution in [0.1, 0.15) is 12.8 Å². The average molecular weight is 130 g/mol. The van der Waals surface area contributed by atoms with E-state index in [0.717, 1.165) is 13.1 Å². The molecular formula is C6H12NO2+. The van der Waals surface area contributed by atoms with E-state index in [2.05, 4.69) is 0 Å². The molecule has 1 rings (SSSR count). The summed E-state index contributed by atoms with van der Waals surface area (Å²) in [7, 11) is 1.93. The summed E-state index contributed by atoms with van der Waals surface area (Å²) in [6.45, 7) is 2.48. The molecule has 0 spiro atoms. The van der Waals surface area contributed by atoms with E-state index in [1.54, 1.807) is 0 Å². The minimum absolute atomic E-state index is 0.476. The summed E-state index contributed by atoms with van der Waals surface area (Å²) >= 11 is 0. The molecule has 0 radical (unpaired) electrons. The van der Waals surface area contributed by atoms with Crippen LogP contribution in [0.4, 0.5) is 0 Å². The van der Waals surface area contributed by atoms with Gasteiger partial charge in [-0.3, -0.25) is 4.84 Å². The molecule has 0 N–H and O–H groups in total. The molecule has 0 aromatic heterocycles. The lowest BCUT2D eigenvalue weighted by molar-refractivity contribution is -1.06. The molecule has 0 amide bonds. The van der Waals surface area contributed by atoms with Gasteiger partial charge in [0, 0.05) is 12.8 Å². The second-order valence-corrected chi connectivity index (χ2v) is 2.65. The third-order valence-corrected chi connectivity index (χ3v) is 1.81. The van der Waals surface area contributed by atoms with Gasteiger partial charge in [-0.2, -0.15) is 0 Å². The van der Waals surface area contributed by atoms with Crippen LogP contribution in [0, 0.1) is 0 Å². The van der Waals surface area contributed by atoms with Crippen molar-refractivity contribution in [3.8, 4) is 0 Å². The number of rotatable bonds is 2. The van der Waals surface area contributed by atoms with Crippen molar-refractivity contribution < 1.29 is 14.3 Å². The van der Waals surface area contributed by atoms with Crippen molar-refractivity contribution in [2.75, 3.05) is 20.1 Å². The third kappa shape index (κ3) is 1.42. The maximum Gasteiger partial charge on any atom is 0.355 e. The monoisotopic (exact) mass is 130 g/mol. The number of carbonyl (C=O) groups excluding carboxylic acids is 1. The number of nitrogens with zero attached hydrogens (tertiary/aromatic N) is 1. The molecular weight excluding hydrogens is 118 g/mol. The second kappa shape index (κ2) is 2.35. The Labute approximate surface area is 54.8 Å². The van der Waals surface area contributed by atoms with Crippen molar-refractivity contribution in [1.29, 1.82) is 0 Å². The largest absolute Gasteiger partial charge is 0.355 e. The van der Waals surface area contributed by atoms with Gasteiger partial charge in [0.25, 0.3) is 0 Å². The number of hydroxylamine groups is 3. The first-order valence-corrected chi connectivity index (χ1v) is 3.23. The van der Waals surface area contributed by atoms with Crippen molar-refractivity contribution in [2.24, 2.45) is 0 Å². The Kier molecular flexibility index (Phi) is 1.71. The van der Waals surface area contributed by atoms with Crippen LogP contribution in [0.25, 0.3) is 0 Å². The Morgan fingerprint density at radius 2 is 2.00 bits per heavy atom. The maximum absolute atomic E-state index is 9.93. The first-order chi connectivity index (χ1) is 4.27. The molecule has 9 heavy (non-hydrogen) atoms. The Hall–Kier alpha value is -0.570. The lowest BCUT2D eigenvalue weighted by atomic mass is 10.4. The molecule has 1 fully saturated rings. The summed E-state index contributed by atoms with van der Waals surface area (Å²) in [6, 6.07) is 0. The van der Waals surface area contributed by atoms with Gasteiger partial charge in [-0.1, -0.05) is 0 Å². The molecule has 1 aliphatic rings. The SMILES string of the molecule is C[N+]1(OC=O)CCCC1. The summed E-state index contributed by atoms with van der Waals surface area (Å²) in [5.74, 6) is 0. The van der Waals surface area contributed by atoms with Gasteiger partial charge in [-0.15, -0.1) is 4.65 Å². The number of quaternary nitrogens is 1. The van der Waals surface area contributed by atoms with E-state index in [1.165, 1.54) is 12.8 Å². The van der Waals surface area contributed by atoms with E-state index in [4.69, 9.17) is 4.84 Å². The van der Waals surface area contributed by atoms with Gasteiger partial charge in [-0.05, 0) is 0 Å². The molecule has 0 bridgehead atoms. The van der Waals surface area contributed by atoms with Gasteiger partial charge in [0.05, 0.1) is 0 Å². The molecule has 1 heterocycles. The van der Waals surface area contributed by atoms with Gasteiger partial charge < -0.3 is 0 Å². The summed E-state index contributed by atoms with van der Waals surface area (Å²) in [5.41, 5.74) is 0. The highest BCUT2D eigenvalue weighted by Crippen LogP contribution is 2.15. The molecule has 0 atom stereocenters. The van der Waals surface area contributed by atoms with E-state index in [-0.39, 0.29) is 0 Å². The smallest absolute Gasteiger partial charge is 0.280 e. The first kappa shape index (κ1) is 6.55. The van der Waals surface area contributed by atoms with Crippen molar-refractivity contribution in [1.82, 2.24) is 0 Å². The highest BCUT2D eigenvalue weighted by atomic mass is 16.7. The fourth-order valence-electron chi connectivity index (χ4n) is 1.21. The van der Waals surface area contributed by atoms with Crippen LogP contribution in [0.2, 0.25) is 0 Å². The quantitative estimate of drug-likeness (QED) is 0.397. The van der Waals surface area contributed by atoms with Gasteiger partial charge in [0.1, 0.15) is 20.1 Å². The first-order valence-electron chi connectivity index (χ1n) is 3.23. The zero-order valence-corrected chi connectivity index (χ0v) is 5.67. The summed E-state index contributed by atoms with van der Waals surface area (Å²) in [6.07, 6.45) is 2.34. The Morgan fingerprint density at radius 1 is 1.44 bits per heavy atom. The minimum Gasteiger partial charge on any atom is -0.280 e. The van der Waals surface area contributed by atoms with Crippen LogP contribution in [-0.4, -0.2) is 31.3 Å². The molecule has 0 aromatic rings. The van der Waals surface area contributed by atoms with Gasteiger partial charge in [-0.25, -0.2) is 4.79 Å². The van der Waals surface area contributed by atoms with Crippen molar-refractivity contribution in [2.45, 2.75) is 12.8 Å². The predicted molar refractivity (Wildman–Crippen MR) is 32.3 cm³/mol. The standard InChI is InChI=1S/C6H12NO2/c1-7(9-6-8)4-2-3-5-7/h6H,2-5H2,1H3/q+1. The van der Waals surface area contributed by atoms with Crippen LogP contribution < -0.4 is 0 Å². The molecule has 0 unspecified atom stereocenters. The zero-order valence-electron chi connectivity index (χ0n) is 5.67. The van der Waals surface area contributed by atoms with Crippen molar-refractivity contribution in [3.63, 3.8) is 0 Å². The molecule has 3 nitrogen and oxygen atoms in total. The fraction of sp³-hybridized carbons (Fsp3) is 0.833. The number of hydrogen-bond donors (Lipinski definition) is 0. The Bertz CT molecular complexity index is 108. The summed E-state index contributed by atoms with van der Waals surface area (Å²) in [4.78, 5) is 14.8. The number of likely N-dealkylation sites (tertiary alicyclic amines) is 1. The van der Waals surface area contributed by atoms with Gasteiger partial charge in [0.2, 0.25) is 0 Å². The predicted octanol–water partition coefficient (Wildman–Crippen LogP) is 0.315. The third-order valence-electron chi connectivity index (χ3n) is 1.81. The second-order valence-electron chi connectivity index (χ2n) is 2.65. The lowest BCUT2D eigenvalue weighted by Crippen LogP contribution is -2.40. The number of hydrogen-bond acceptors (Lipinski definition) is 2. The normalized spacial score (nSPS) is 23.7. The van der Waals surface area contributed by atoms with Crippen LogP contribution >= 0.6 is 0 Å². The van der Waals surface area contributed by atoms with Gasteiger partial charge in [0.15, 0.2) is 0 Å².